The molecule has 0 saturated carbocycles. The Morgan fingerprint density at radius 3 is 2.47 bits per heavy atom. The second-order valence-corrected chi connectivity index (χ2v) is 3.47. The quantitative estimate of drug-likeness (QED) is 0.816. The molecule has 0 aliphatic heterocycles. The SMILES string of the molecule is CC(N)c1ccccc1OCCOC(F)(F)F. The van der Waals surface area contributed by atoms with Crippen LogP contribution in [0.25, 0.3) is 0 Å². The van der Waals surface area contributed by atoms with Crippen LogP contribution < -0.4 is 10.5 Å². The maximum Gasteiger partial charge on any atom is 0.522 e. The van der Waals surface area contributed by atoms with Crippen LogP contribution in [-0.2, 0) is 4.74 Å². The fourth-order valence-electron chi connectivity index (χ4n) is 1.30. The Kier molecular flexibility index (Phi) is 4.77. The number of benzene rings is 1. The molecule has 17 heavy (non-hydrogen) atoms. The number of hydrogen-bond acceptors (Lipinski definition) is 3. The summed E-state index contributed by atoms with van der Waals surface area (Å²) in [4.78, 5) is 0. The average molecular weight is 249 g/mol. The zero-order valence-corrected chi connectivity index (χ0v) is 9.33. The van der Waals surface area contributed by atoms with Gasteiger partial charge in [-0.2, -0.15) is 0 Å². The lowest BCUT2D eigenvalue weighted by Crippen LogP contribution is -2.18. The maximum absolute atomic E-state index is 11.7. The van der Waals surface area contributed by atoms with Gasteiger partial charge < -0.3 is 10.5 Å². The van der Waals surface area contributed by atoms with E-state index >= 15 is 0 Å². The number of nitrogens with two attached hydrogens (primary N) is 1. The lowest BCUT2D eigenvalue weighted by Gasteiger charge is -2.14. The summed E-state index contributed by atoms with van der Waals surface area (Å²) in [6.07, 6.45) is -4.62. The molecule has 0 aliphatic rings. The van der Waals surface area contributed by atoms with E-state index in [0.717, 1.165) is 5.56 Å². The molecule has 6 heteroatoms. The van der Waals surface area contributed by atoms with Crippen molar-refractivity contribution in [2.45, 2.75) is 19.3 Å². The summed E-state index contributed by atoms with van der Waals surface area (Å²) < 4.78 is 43.9. The molecule has 0 amide bonds. The van der Waals surface area contributed by atoms with Gasteiger partial charge in [-0.15, -0.1) is 13.2 Å². The van der Waals surface area contributed by atoms with E-state index < -0.39 is 13.0 Å². The van der Waals surface area contributed by atoms with Gasteiger partial charge in [0.1, 0.15) is 12.4 Å². The molecule has 0 heterocycles. The fourth-order valence-corrected chi connectivity index (χ4v) is 1.30. The molecule has 1 rings (SSSR count). The van der Waals surface area contributed by atoms with Gasteiger partial charge in [0, 0.05) is 11.6 Å². The second kappa shape index (κ2) is 5.88. The minimum absolute atomic E-state index is 0.177. The molecule has 96 valence electrons. The number of ether oxygens (including phenoxy) is 2. The van der Waals surface area contributed by atoms with E-state index in [1.165, 1.54) is 0 Å². The van der Waals surface area contributed by atoms with E-state index in [-0.39, 0.29) is 12.6 Å². The number of halogens is 3. The second-order valence-electron chi connectivity index (χ2n) is 3.47. The van der Waals surface area contributed by atoms with Gasteiger partial charge in [0.05, 0.1) is 6.61 Å². The van der Waals surface area contributed by atoms with E-state index in [0.29, 0.717) is 5.75 Å². The highest BCUT2D eigenvalue weighted by Crippen LogP contribution is 2.23. The first-order valence-electron chi connectivity index (χ1n) is 5.08. The summed E-state index contributed by atoms with van der Waals surface area (Å²) in [5, 5.41) is 0. The maximum atomic E-state index is 11.7. The van der Waals surface area contributed by atoms with E-state index in [1.807, 2.05) is 0 Å². The van der Waals surface area contributed by atoms with Crippen LogP contribution >= 0.6 is 0 Å². The molecule has 1 aromatic carbocycles. The Hall–Kier alpha value is -1.27. The lowest BCUT2D eigenvalue weighted by atomic mass is 10.1. The molecule has 0 bridgehead atoms. The smallest absolute Gasteiger partial charge is 0.491 e. The Morgan fingerprint density at radius 2 is 1.88 bits per heavy atom. The molecule has 0 aromatic heterocycles. The minimum Gasteiger partial charge on any atom is -0.491 e. The Labute approximate surface area is 97.3 Å². The zero-order chi connectivity index (χ0) is 12.9. The predicted molar refractivity (Wildman–Crippen MR) is 56.5 cm³/mol. The van der Waals surface area contributed by atoms with Gasteiger partial charge in [-0.25, -0.2) is 0 Å². The molecular weight excluding hydrogens is 235 g/mol. The summed E-state index contributed by atoms with van der Waals surface area (Å²) in [6.45, 7) is 1.05. The third kappa shape index (κ3) is 5.06. The minimum atomic E-state index is -4.62. The van der Waals surface area contributed by atoms with Crippen LogP contribution in [-0.4, -0.2) is 19.6 Å². The third-order valence-corrected chi connectivity index (χ3v) is 2.02. The highest BCUT2D eigenvalue weighted by Gasteiger charge is 2.28. The van der Waals surface area contributed by atoms with E-state index in [4.69, 9.17) is 10.5 Å². The van der Waals surface area contributed by atoms with Crippen LogP contribution in [0.5, 0.6) is 5.75 Å². The van der Waals surface area contributed by atoms with Crippen LogP contribution in [0, 0.1) is 0 Å². The molecule has 0 aliphatic carbocycles. The van der Waals surface area contributed by atoms with Gasteiger partial charge in [-0.05, 0) is 13.0 Å². The topological polar surface area (TPSA) is 44.5 Å². The average Bonchev–Trinajstić information content (AvgIpc) is 2.23. The first kappa shape index (κ1) is 13.8. The Morgan fingerprint density at radius 1 is 1.24 bits per heavy atom. The van der Waals surface area contributed by atoms with Crippen LogP contribution in [0.3, 0.4) is 0 Å². The largest absolute Gasteiger partial charge is 0.522 e. The molecule has 1 aromatic rings. The van der Waals surface area contributed by atoms with Gasteiger partial charge in [-0.3, -0.25) is 4.74 Å². The van der Waals surface area contributed by atoms with Crippen molar-refractivity contribution in [3.63, 3.8) is 0 Å². The van der Waals surface area contributed by atoms with Crippen LogP contribution in [0.1, 0.15) is 18.5 Å². The molecule has 0 fully saturated rings. The van der Waals surface area contributed by atoms with Crippen molar-refractivity contribution in [2.75, 3.05) is 13.2 Å². The monoisotopic (exact) mass is 249 g/mol. The first-order valence-corrected chi connectivity index (χ1v) is 5.08. The lowest BCUT2D eigenvalue weighted by molar-refractivity contribution is -0.325. The van der Waals surface area contributed by atoms with Gasteiger partial charge in [0.2, 0.25) is 0 Å². The third-order valence-electron chi connectivity index (χ3n) is 2.02. The van der Waals surface area contributed by atoms with E-state index in [9.17, 15) is 13.2 Å². The number of alkyl halides is 3. The van der Waals surface area contributed by atoms with Crippen molar-refractivity contribution in [2.24, 2.45) is 5.73 Å². The van der Waals surface area contributed by atoms with Crippen molar-refractivity contribution in [3.05, 3.63) is 29.8 Å². The molecule has 1 atom stereocenters. The van der Waals surface area contributed by atoms with Gasteiger partial charge in [0.25, 0.3) is 0 Å². The molecule has 1 unspecified atom stereocenters. The van der Waals surface area contributed by atoms with E-state index in [2.05, 4.69) is 4.74 Å². The predicted octanol–water partition coefficient (Wildman–Crippen LogP) is 2.62. The molecule has 0 spiro atoms. The number of hydrogen-bond donors (Lipinski definition) is 1. The number of rotatable bonds is 5. The highest BCUT2D eigenvalue weighted by atomic mass is 19.4. The summed E-state index contributed by atoms with van der Waals surface area (Å²) in [5.41, 5.74) is 6.45. The zero-order valence-electron chi connectivity index (χ0n) is 9.33. The van der Waals surface area contributed by atoms with E-state index in [1.54, 1.807) is 31.2 Å². The summed E-state index contributed by atoms with van der Waals surface area (Å²) in [7, 11) is 0. The highest BCUT2D eigenvalue weighted by molar-refractivity contribution is 5.35. The van der Waals surface area contributed by atoms with Crippen molar-refractivity contribution >= 4 is 0 Å². The Balaban J connectivity index is 2.47. The van der Waals surface area contributed by atoms with Gasteiger partial charge >= 0.3 is 6.36 Å². The standard InChI is InChI=1S/C11H14F3NO2/c1-8(15)9-4-2-3-5-10(9)16-6-7-17-11(12,13)14/h2-5,8H,6-7,15H2,1H3. The number of para-hydroxylation sites is 1. The summed E-state index contributed by atoms with van der Waals surface area (Å²) in [5.74, 6) is 0.480. The van der Waals surface area contributed by atoms with Crippen molar-refractivity contribution in [1.29, 1.82) is 0 Å². The molecule has 2 N–H and O–H groups in total. The molecular formula is C11H14F3NO2. The molecule has 0 radical (unpaired) electrons. The van der Waals surface area contributed by atoms with Crippen LogP contribution in [0.2, 0.25) is 0 Å². The molecule has 0 saturated heterocycles. The van der Waals surface area contributed by atoms with Crippen molar-refractivity contribution in [3.8, 4) is 5.75 Å². The van der Waals surface area contributed by atoms with Crippen LogP contribution in [0.4, 0.5) is 13.2 Å². The van der Waals surface area contributed by atoms with Crippen molar-refractivity contribution in [1.82, 2.24) is 0 Å². The normalized spacial score (nSPS) is 13.5. The first-order chi connectivity index (χ1) is 7.90. The Bertz CT molecular complexity index is 353. The van der Waals surface area contributed by atoms with Gasteiger partial charge in [-0.1, -0.05) is 18.2 Å². The fraction of sp³-hybridized carbons (Fsp3) is 0.455. The van der Waals surface area contributed by atoms with Crippen molar-refractivity contribution < 1.29 is 22.6 Å². The van der Waals surface area contributed by atoms with Crippen LogP contribution in [0.15, 0.2) is 24.3 Å². The summed E-state index contributed by atoms with van der Waals surface area (Å²) >= 11 is 0. The van der Waals surface area contributed by atoms with Gasteiger partial charge in [0.15, 0.2) is 0 Å². The summed E-state index contributed by atoms with van der Waals surface area (Å²) in [6, 6.07) is 6.70. The molecule has 3 nitrogen and oxygen atoms in total.